The minimum absolute atomic E-state index is 0.188. The molecule has 0 saturated heterocycles. The van der Waals surface area contributed by atoms with Crippen LogP contribution in [-0.4, -0.2) is 10.8 Å². The first-order valence-corrected chi connectivity index (χ1v) is 3.38. The summed E-state index contributed by atoms with van der Waals surface area (Å²) in [7, 11) is 0. The summed E-state index contributed by atoms with van der Waals surface area (Å²) < 4.78 is 0. The average molecular weight is 164 g/mol. The molecule has 0 aromatic carbocycles. The molecular weight excluding hydrogens is 157 g/mol. The lowest BCUT2D eigenvalue weighted by molar-refractivity contribution is 0.892. The second-order valence-electron chi connectivity index (χ2n) is 1.58. The van der Waals surface area contributed by atoms with Gasteiger partial charge in [0.05, 0.1) is 11.4 Å². The van der Waals surface area contributed by atoms with E-state index in [2.05, 4.69) is 6.58 Å². The van der Waals surface area contributed by atoms with Crippen molar-refractivity contribution in [1.82, 2.24) is 0 Å². The van der Waals surface area contributed by atoms with Gasteiger partial charge >= 0.3 is 0 Å². The van der Waals surface area contributed by atoms with Crippen LogP contribution < -0.4 is 0 Å². The summed E-state index contributed by atoms with van der Waals surface area (Å²) in [6.07, 6.45) is 2.03. The molecule has 1 nitrogen and oxygen atoms in total. The van der Waals surface area contributed by atoms with E-state index in [0.29, 0.717) is 6.42 Å². The second kappa shape index (κ2) is 4.67. The fraction of sp³-hybridized carbons (Fsp3) is 0.500. The summed E-state index contributed by atoms with van der Waals surface area (Å²) in [5, 5.41) is 7.52. The summed E-state index contributed by atoms with van der Waals surface area (Å²) in [4.78, 5) is 0. The lowest BCUT2D eigenvalue weighted by atomic mass is 10.2. The van der Waals surface area contributed by atoms with E-state index in [0.717, 1.165) is 0 Å². The minimum atomic E-state index is -0.495. The highest BCUT2D eigenvalue weighted by Gasteiger charge is 2.06. The molecule has 0 fully saturated rings. The smallest absolute Gasteiger partial charge is 0.122 e. The van der Waals surface area contributed by atoms with Gasteiger partial charge in [0, 0.05) is 0 Å². The van der Waals surface area contributed by atoms with Crippen molar-refractivity contribution in [2.45, 2.75) is 17.2 Å². The van der Waals surface area contributed by atoms with Gasteiger partial charge in [-0.15, -0.1) is 29.8 Å². The van der Waals surface area contributed by atoms with E-state index in [1.54, 1.807) is 6.08 Å². The van der Waals surface area contributed by atoms with Crippen molar-refractivity contribution in [2.24, 2.45) is 0 Å². The first kappa shape index (κ1) is 8.81. The average Bonchev–Trinajstić information content (AvgIpc) is 1.87. The molecule has 0 rings (SSSR count). The molecule has 0 heterocycles. The summed E-state index contributed by atoms with van der Waals surface area (Å²) in [6, 6.07) is 1.86. The van der Waals surface area contributed by atoms with Crippen molar-refractivity contribution >= 4 is 23.2 Å². The minimum Gasteiger partial charge on any atom is -0.197 e. The summed E-state index contributed by atoms with van der Waals surface area (Å²) in [6.45, 7) is 3.45. The van der Waals surface area contributed by atoms with Crippen LogP contribution in [0.5, 0.6) is 0 Å². The predicted molar refractivity (Wildman–Crippen MR) is 39.7 cm³/mol. The third kappa shape index (κ3) is 4.32. The number of allylic oxidation sites excluding steroid dienone is 1. The number of rotatable bonds is 3. The van der Waals surface area contributed by atoms with E-state index in [-0.39, 0.29) is 5.38 Å². The molecule has 0 bridgehead atoms. The summed E-state index contributed by atoms with van der Waals surface area (Å²) in [5.41, 5.74) is 0. The van der Waals surface area contributed by atoms with Crippen LogP contribution in [0, 0.1) is 11.3 Å². The molecule has 0 radical (unpaired) electrons. The van der Waals surface area contributed by atoms with E-state index in [4.69, 9.17) is 28.5 Å². The lowest BCUT2D eigenvalue weighted by Crippen LogP contribution is -2.02. The highest BCUT2D eigenvalue weighted by molar-refractivity contribution is 6.25. The molecule has 0 saturated carbocycles. The lowest BCUT2D eigenvalue weighted by Gasteiger charge is -2.00. The number of hydrogen-bond donors (Lipinski definition) is 0. The highest BCUT2D eigenvalue weighted by atomic mass is 35.5. The van der Waals surface area contributed by atoms with E-state index in [1.807, 2.05) is 6.07 Å². The molecule has 0 aromatic heterocycles. The van der Waals surface area contributed by atoms with Crippen LogP contribution in [0.4, 0.5) is 0 Å². The Labute approximate surface area is 64.9 Å². The first-order valence-electron chi connectivity index (χ1n) is 2.51. The molecule has 9 heavy (non-hydrogen) atoms. The third-order valence-electron chi connectivity index (χ3n) is 0.828. The molecule has 3 heteroatoms. The van der Waals surface area contributed by atoms with E-state index in [9.17, 15) is 0 Å². The zero-order chi connectivity index (χ0) is 7.28. The molecule has 2 unspecified atom stereocenters. The van der Waals surface area contributed by atoms with E-state index >= 15 is 0 Å². The van der Waals surface area contributed by atoms with Gasteiger partial charge in [0.25, 0.3) is 0 Å². The monoisotopic (exact) mass is 163 g/mol. The van der Waals surface area contributed by atoms with Crippen LogP contribution in [-0.2, 0) is 0 Å². The van der Waals surface area contributed by atoms with Crippen molar-refractivity contribution in [1.29, 1.82) is 5.26 Å². The fourth-order valence-electron chi connectivity index (χ4n) is 0.347. The molecule has 0 aliphatic heterocycles. The largest absolute Gasteiger partial charge is 0.197 e. The first-order chi connectivity index (χ1) is 4.20. The van der Waals surface area contributed by atoms with Crippen molar-refractivity contribution in [3.63, 3.8) is 0 Å². The Bertz CT molecular complexity index is 128. The van der Waals surface area contributed by atoms with Crippen LogP contribution in [0.15, 0.2) is 12.7 Å². The maximum Gasteiger partial charge on any atom is 0.122 e. The van der Waals surface area contributed by atoms with Crippen molar-refractivity contribution < 1.29 is 0 Å². The summed E-state index contributed by atoms with van der Waals surface area (Å²) >= 11 is 11.0. The molecule has 2 atom stereocenters. The SMILES string of the molecule is C=CC(Cl)CC(Cl)C#N. The zero-order valence-corrected chi connectivity index (χ0v) is 6.36. The van der Waals surface area contributed by atoms with Crippen LogP contribution in [0.1, 0.15) is 6.42 Å². The molecule has 0 spiro atoms. The zero-order valence-electron chi connectivity index (χ0n) is 4.85. The van der Waals surface area contributed by atoms with Gasteiger partial charge in [-0.2, -0.15) is 5.26 Å². The van der Waals surface area contributed by atoms with Crippen molar-refractivity contribution in [3.8, 4) is 6.07 Å². The topological polar surface area (TPSA) is 23.8 Å². The normalized spacial score (nSPS) is 15.7. The number of nitriles is 1. The van der Waals surface area contributed by atoms with Gasteiger partial charge < -0.3 is 0 Å². The molecule has 0 aliphatic carbocycles. The number of nitrogens with zero attached hydrogens (tertiary/aromatic N) is 1. The molecule has 50 valence electrons. The number of hydrogen-bond acceptors (Lipinski definition) is 1. The fourth-order valence-corrected chi connectivity index (χ4v) is 0.808. The molecule has 0 aromatic rings. The molecule has 0 aliphatic rings. The Morgan fingerprint density at radius 3 is 2.56 bits per heavy atom. The Morgan fingerprint density at radius 2 is 2.22 bits per heavy atom. The van der Waals surface area contributed by atoms with E-state index < -0.39 is 5.38 Å². The third-order valence-corrected chi connectivity index (χ3v) is 1.46. The Kier molecular flexibility index (Phi) is 4.57. The van der Waals surface area contributed by atoms with E-state index in [1.165, 1.54) is 0 Å². The standard InChI is InChI=1S/C6H7Cl2N/c1-2-5(7)3-6(8)4-9/h2,5-6H,1,3H2. The van der Waals surface area contributed by atoms with Gasteiger partial charge in [0.2, 0.25) is 0 Å². The Hall–Kier alpha value is -0.190. The van der Waals surface area contributed by atoms with Crippen molar-refractivity contribution in [2.75, 3.05) is 0 Å². The predicted octanol–water partition coefficient (Wildman–Crippen LogP) is 2.30. The maximum atomic E-state index is 8.20. The van der Waals surface area contributed by atoms with Crippen LogP contribution >= 0.6 is 23.2 Å². The van der Waals surface area contributed by atoms with Crippen LogP contribution in [0.25, 0.3) is 0 Å². The van der Waals surface area contributed by atoms with Gasteiger partial charge in [-0.25, -0.2) is 0 Å². The van der Waals surface area contributed by atoms with Crippen molar-refractivity contribution in [3.05, 3.63) is 12.7 Å². The van der Waals surface area contributed by atoms with Gasteiger partial charge in [0.1, 0.15) is 5.38 Å². The molecule has 0 amide bonds. The van der Waals surface area contributed by atoms with Gasteiger partial charge in [0.15, 0.2) is 0 Å². The quantitative estimate of drug-likeness (QED) is 0.463. The Balaban J connectivity index is 3.49. The van der Waals surface area contributed by atoms with Crippen LogP contribution in [0.3, 0.4) is 0 Å². The highest BCUT2D eigenvalue weighted by Crippen LogP contribution is 2.10. The summed E-state index contributed by atoms with van der Waals surface area (Å²) in [5.74, 6) is 0. The molecule has 0 N–H and O–H groups in total. The van der Waals surface area contributed by atoms with Gasteiger partial charge in [-0.1, -0.05) is 6.08 Å². The molecular formula is C6H7Cl2N. The van der Waals surface area contributed by atoms with Gasteiger partial charge in [-0.05, 0) is 6.42 Å². The second-order valence-corrected chi connectivity index (χ2v) is 2.67. The van der Waals surface area contributed by atoms with Gasteiger partial charge in [-0.3, -0.25) is 0 Å². The Morgan fingerprint density at radius 1 is 1.67 bits per heavy atom. The number of halogens is 2. The number of alkyl halides is 2. The van der Waals surface area contributed by atoms with Crippen LogP contribution in [0.2, 0.25) is 0 Å². The maximum absolute atomic E-state index is 8.20.